The van der Waals surface area contributed by atoms with Crippen LogP contribution in [-0.2, 0) is 14.4 Å². The third-order valence-electron chi connectivity index (χ3n) is 8.13. The minimum atomic E-state index is -0.667. The van der Waals surface area contributed by atoms with Crippen molar-refractivity contribution in [2.45, 2.75) is 81.3 Å². The van der Waals surface area contributed by atoms with E-state index in [-0.39, 0.29) is 29.1 Å². The molecule has 1 aromatic carbocycles. The Morgan fingerprint density at radius 1 is 1.19 bits per heavy atom. The summed E-state index contributed by atoms with van der Waals surface area (Å²) < 4.78 is -1.01. The van der Waals surface area contributed by atoms with Gasteiger partial charge in [-0.15, -0.1) is 11.8 Å². The van der Waals surface area contributed by atoms with Crippen LogP contribution in [0.4, 0.5) is 5.69 Å². The molecule has 0 aliphatic carbocycles. The van der Waals surface area contributed by atoms with Gasteiger partial charge in [-0.25, -0.2) is 0 Å². The number of aryl methyl sites for hydroxylation is 1. The van der Waals surface area contributed by atoms with Gasteiger partial charge in [0.1, 0.15) is 6.04 Å². The first kappa shape index (κ1) is 27.3. The molecule has 3 saturated heterocycles. The molecule has 3 heterocycles. The number of halogens is 1. The second-order valence-electron chi connectivity index (χ2n) is 10.6. The van der Waals surface area contributed by atoms with E-state index < -0.39 is 22.6 Å². The maximum Gasteiger partial charge on any atom is 0.248 e. The summed E-state index contributed by atoms with van der Waals surface area (Å²) in [5.74, 6) is -1.35. The third kappa shape index (κ3) is 4.65. The maximum atomic E-state index is 14.0. The molecule has 1 spiro atoms. The molecule has 3 fully saturated rings. The van der Waals surface area contributed by atoms with Crippen molar-refractivity contribution in [2.75, 3.05) is 25.0 Å². The van der Waals surface area contributed by atoms with Crippen LogP contribution in [0.15, 0.2) is 18.2 Å². The van der Waals surface area contributed by atoms with E-state index in [0.29, 0.717) is 23.8 Å². The summed E-state index contributed by atoms with van der Waals surface area (Å²) in [4.78, 5) is 43.1. The third-order valence-corrected chi connectivity index (χ3v) is 10.4. The molecular formula is C27H38ClN3O4S. The zero-order chi connectivity index (χ0) is 26.1. The second kappa shape index (κ2) is 10.9. The van der Waals surface area contributed by atoms with Crippen molar-refractivity contribution in [1.29, 1.82) is 0 Å². The Balaban J connectivity index is 1.67. The molecular weight excluding hydrogens is 498 g/mol. The lowest BCUT2D eigenvalue weighted by Gasteiger charge is -2.35. The molecule has 0 saturated carbocycles. The summed E-state index contributed by atoms with van der Waals surface area (Å²) in [6, 6.07) is 4.81. The molecule has 7 nitrogen and oxygen atoms in total. The zero-order valence-corrected chi connectivity index (χ0v) is 23.0. The van der Waals surface area contributed by atoms with Crippen molar-refractivity contribution in [3.05, 3.63) is 28.8 Å². The topological polar surface area (TPSA) is 98.7 Å². The number of aliphatic hydroxyl groups excluding tert-OH is 1. The maximum absolute atomic E-state index is 14.0. The zero-order valence-electron chi connectivity index (χ0n) is 21.4. The number of carbonyl (C=O) groups is 3. The summed E-state index contributed by atoms with van der Waals surface area (Å²) in [7, 11) is 0. The summed E-state index contributed by atoms with van der Waals surface area (Å²) >= 11 is 8.11. The van der Waals surface area contributed by atoms with E-state index in [1.165, 1.54) is 0 Å². The largest absolute Gasteiger partial charge is 0.396 e. The number of nitrogens with one attached hydrogen (secondary N) is 2. The molecule has 2 unspecified atom stereocenters. The number of thioether (sulfide) groups is 1. The van der Waals surface area contributed by atoms with Crippen LogP contribution in [0.5, 0.6) is 0 Å². The van der Waals surface area contributed by atoms with Gasteiger partial charge in [0.05, 0.1) is 27.3 Å². The van der Waals surface area contributed by atoms with Crippen molar-refractivity contribution in [3.8, 4) is 0 Å². The molecule has 3 N–H and O–H groups in total. The highest BCUT2D eigenvalue weighted by Crippen LogP contribution is 2.71. The molecule has 5 atom stereocenters. The van der Waals surface area contributed by atoms with E-state index in [0.717, 1.165) is 50.5 Å². The normalized spacial score (nSPS) is 30.5. The number of hydrogen-bond donors (Lipinski definition) is 3. The van der Waals surface area contributed by atoms with E-state index in [2.05, 4.69) is 17.6 Å². The Bertz CT molecular complexity index is 1000. The van der Waals surface area contributed by atoms with E-state index in [1.54, 1.807) is 22.7 Å². The summed E-state index contributed by atoms with van der Waals surface area (Å²) in [6.07, 6.45) is 5.56. The first-order valence-corrected chi connectivity index (χ1v) is 14.3. The van der Waals surface area contributed by atoms with Crippen molar-refractivity contribution in [1.82, 2.24) is 10.2 Å². The Morgan fingerprint density at radius 3 is 2.64 bits per heavy atom. The molecule has 3 aliphatic rings. The van der Waals surface area contributed by atoms with Crippen LogP contribution < -0.4 is 10.6 Å². The Labute approximate surface area is 223 Å². The number of hydrogen-bond acceptors (Lipinski definition) is 5. The number of carbonyl (C=O) groups excluding carboxylic acids is 3. The molecule has 3 amide bonds. The Morgan fingerprint density at radius 2 is 1.94 bits per heavy atom. The van der Waals surface area contributed by atoms with Crippen LogP contribution in [-0.4, -0.2) is 63.0 Å². The quantitative estimate of drug-likeness (QED) is 0.370. The number of anilines is 1. The highest BCUT2D eigenvalue weighted by molar-refractivity contribution is 8.02. The number of unbranched alkanes of at least 4 members (excludes halogenated alkanes) is 3. The van der Waals surface area contributed by atoms with Gasteiger partial charge in [-0.1, -0.05) is 43.5 Å². The fourth-order valence-electron chi connectivity index (χ4n) is 6.46. The van der Waals surface area contributed by atoms with Gasteiger partial charge in [0.25, 0.3) is 0 Å². The number of benzene rings is 1. The highest BCUT2D eigenvalue weighted by Gasteiger charge is 2.76. The number of para-hydroxylation sites is 1. The fourth-order valence-corrected chi connectivity index (χ4v) is 9.08. The number of fused-ring (bicyclic) bond motifs is 1. The van der Waals surface area contributed by atoms with Crippen molar-refractivity contribution in [2.24, 2.45) is 11.8 Å². The predicted octanol–water partition coefficient (Wildman–Crippen LogP) is 4.15. The fraction of sp³-hybridized carbons (Fsp3) is 0.667. The van der Waals surface area contributed by atoms with Crippen molar-refractivity contribution >= 4 is 46.8 Å². The van der Waals surface area contributed by atoms with Crippen LogP contribution in [0.2, 0.25) is 5.02 Å². The molecule has 4 rings (SSSR count). The number of nitrogens with zero attached hydrogens (tertiary/aromatic N) is 1. The van der Waals surface area contributed by atoms with E-state index in [9.17, 15) is 14.4 Å². The number of rotatable bonds is 11. The van der Waals surface area contributed by atoms with Crippen LogP contribution in [0, 0.1) is 18.8 Å². The van der Waals surface area contributed by atoms with Gasteiger partial charge < -0.3 is 20.6 Å². The average Bonchev–Trinajstić information content (AvgIpc) is 3.40. The van der Waals surface area contributed by atoms with Crippen LogP contribution in [0.25, 0.3) is 0 Å². The number of likely N-dealkylation sites (tertiary alicyclic amines) is 1. The number of amides is 3. The molecule has 1 aromatic rings. The van der Waals surface area contributed by atoms with Crippen LogP contribution >= 0.6 is 23.4 Å². The molecule has 36 heavy (non-hydrogen) atoms. The predicted molar refractivity (Wildman–Crippen MR) is 144 cm³/mol. The summed E-state index contributed by atoms with van der Waals surface area (Å²) in [5.41, 5.74) is 1.43. The van der Waals surface area contributed by atoms with Gasteiger partial charge >= 0.3 is 0 Å². The molecule has 0 radical (unpaired) electrons. The molecule has 0 aromatic heterocycles. The lowest BCUT2D eigenvalue weighted by atomic mass is 9.66. The minimum Gasteiger partial charge on any atom is -0.396 e. The van der Waals surface area contributed by atoms with Crippen molar-refractivity contribution < 1.29 is 19.5 Å². The summed E-state index contributed by atoms with van der Waals surface area (Å²) in [6.45, 7) is 7.18. The average molecular weight is 536 g/mol. The SMILES string of the molecule is CCCNC(=O)[C@H]1[C@H]2C(=O)N(CCCCCCO)C(C(=O)Nc3c(C)cccc3Cl)C23CC[C@]1(C)S3. The first-order valence-electron chi connectivity index (χ1n) is 13.2. The molecule has 2 bridgehead atoms. The number of aliphatic hydroxyl groups is 1. The first-order chi connectivity index (χ1) is 17.2. The Kier molecular flexibility index (Phi) is 8.27. The van der Waals surface area contributed by atoms with Crippen LogP contribution in [0.1, 0.15) is 64.4 Å². The molecule has 198 valence electrons. The van der Waals surface area contributed by atoms with Gasteiger partial charge in [-0.05, 0) is 57.6 Å². The Hall–Kier alpha value is -1.77. The molecule has 9 heteroatoms. The van der Waals surface area contributed by atoms with E-state index in [4.69, 9.17) is 16.7 Å². The van der Waals surface area contributed by atoms with Crippen molar-refractivity contribution in [3.63, 3.8) is 0 Å². The van der Waals surface area contributed by atoms with Crippen LogP contribution in [0.3, 0.4) is 0 Å². The van der Waals surface area contributed by atoms with Gasteiger partial charge in [0.2, 0.25) is 17.7 Å². The standard InChI is InChI=1S/C27H38ClN3O4S/c1-4-14-29-23(33)19-20-25(35)31(15-7-5-6-8-16-32)22(27(20)13-12-26(19,3)36-27)24(34)30-21-17(2)10-9-11-18(21)28/h9-11,19-20,22,32H,4-8,12-16H2,1-3H3,(H,29,33)(H,30,34)/t19-,20+,22?,26+,27?/m1/s1. The van der Waals surface area contributed by atoms with E-state index >= 15 is 0 Å². The lowest BCUT2D eigenvalue weighted by molar-refractivity contribution is -0.140. The monoisotopic (exact) mass is 535 g/mol. The van der Waals surface area contributed by atoms with Gasteiger partial charge in [0, 0.05) is 24.4 Å². The highest BCUT2D eigenvalue weighted by atomic mass is 35.5. The molecule has 3 aliphatic heterocycles. The van der Waals surface area contributed by atoms with Gasteiger partial charge in [-0.3, -0.25) is 14.4 Å². The minimum absolute atomic E-state index is 0.0716. The van der Waals surface area contributed by atoms with Gasteiger partial charge in [-0.2, -0.15) is 0 Å². The smallest absolute Gasteiger partial charge is 0.248 e. The van der Waals surface area contributed by atoms with E-state index in [1.807, 2.05) is 26.0 Å². The summed E-state index contributed by atoms with van der Waals surface area (Å²) in [5, 5.41) is 15.6. The van der Waals surface area contributed by atoms with Gasteiger partial charge in [0.15, 0.2) is 0 Å². The second-order valence-corrected chi connectivity index (χ2v) is 12.9. The lowest BCUT2D eigenvalue weighted by Crippen LogP contribution is -2.52.